The summed E-state index contributed by atoms with van der Waals surface area (Å²) in [6.45, 7) is 4.27. The Morgan fingerprint density at radius 3 is 2.59 bits per heavy atom. The lowest BCUT2D eigenvalue weighted by atomic mass is 9.86. The highest BCUT2D eigenvalue weighted by molar-refractivity contribution is 7.17. The maximum absolute atomic E-state index is 13.3. The molecule has 2 aromatic carbocycles. The van der Waals surface area contributed by atoms with Crippen LogP contribution in [-0.2, 0) is 24.0 Å². The van der Waals surface area contributed by atoms with E-state index in [1.54, 1.807) is 6.92 Å². The van der Waals surface area contributed by atoms with Crippen molar-refractivity contribution in [3.63, 3.8) is 0 Å². The van der Waals surface area contributed by atoms with E-state index in [1.165, 1.54) is 21.8 Å². The lowest BCUT2D eigenvalue weighted by molar-refractivity contribution is 0.0526. The van der Waals surface area contributed by atoms with Gasteiger partial charge in [0.15, 0.2) is 0 Å². The van der Waals surface area contributed by atoms with Gasteiger partial charge in [-0.25, -0.2) is 4.79 Å². The molecule has 166 valence electrons. The largest absolute Gasteiger partial charge is 0.462 e. The quantitative estimate of drug-likeness (QED) is 0.426. The first kappa shape index (κ1) is 22.3. The van der Waals surface area contributed by atoms with Crippen LogP contribution in [0.4, 0.5) is 5.00 Å². The summed E-state index contributed by atoms with van der Waals surface area (Å²) in [5, 5.41) is 3.68. The van der Waals surface area contributed by atoms with Gasteiger partial charge in [-0.3, -0.25) is 4.79 Å². The number of thiophene rings is 1. The van der Waals surface area contributed by atoms with Gasteiger partial charge in [-0.15, -0.1) is 11.3 Å². The summed E-state index contributed by atoms with van der Waals surface area (Å²) in [7, 11) is 0. The van der Waals surface area contributed by atoms with Gasteiger partial charge >= 0.3 is 5.97 Å². The average molecular weight is 448 g/mol. The van der Waals surface area contributed by atoms with Gasteiger partial charge in [0, 0.05) is 10.4 Å². The fraction of sp³-hybridized carbons (Fsp3) is 0.333. The van der Waals surface area contributed by atoms with Gasteiger partial charge in [-0.2, -0.15) is 0 Å². The number of carbonyl (C=O) groups is 2. The van der Waals surface area contributed by atoms with Crippen LogP contribution in [0.2, 0.25) is 0 Å². The molecule has 0 bridgehead atoms. The Kier molecular flexibility index (Phi) is 7.05. The lowest BCUT2D eigenvalue weighted by Crippen LogP contribution is -2.17. The molecule has 0 fully saturated rings. The van der Waals surface area contributed by atoms with E-state index in [9.17, 15) is 9.59 Å². The van der Waals surface area contributed by atoms with Gasteiger partial charge in [0.1, 0.15) is 5.00 Å². The van der Waals surface area contributed by atoms with Crippen molar-refractivity contribution < 1.29 is 14.3 Å². The number of rotatable bonds is 7. The molecule has 1 aromatic heterocycles. The molecule has 5 heteroatoms. The van der Waals surface area contributed by atoms with Gasteiger partial charge < -0.3 is 10.1 Å². The highest BCUT2D eigenvalue weighted by Gasteiger charge is 2.31. The third-order valence-electron chi connectivity index (χ3n) is 6.05. The molecular weight excluding hydrogens is 418 g/mol. The summed E-state index contributed by atoms with van der Waals surface area (Å²) in [6, 6.07) is 18.0. The first-order valence-corrected chi connectivity index (χ1v) is 12.2. The first-order valence-electron chi connectivity index (χ1n) is 11.3. The normalized spacial score (nSPS) is 15.1. The molecule has 1 aliphatic rings. The third kappa shape index (κ3) is 4.78. The summed E-state index contributed by atoms with van der Waals surface area (Å²) in [5.41, 5.74) is 4.51. The minimum Gasteiger partial charge on any atom is -0.462 e. The monoisotopic (exact) mass is 447 g/mol. The predicted octanol–water partition coefficient (Wildman–Crippen LogP) is 6.40. The fourth-order valence-corrected chi connectivity index (χ4v) is 5.80. The van der Waals surface area contributed by atoms with Crippen LogP contribution in [0.5, 0.6) is 0 Å². The summed E-state index contributed by atoms with van der Waals surface area (Å²) < 4.78 is 5.36. The van der Waals surface area contributed by atoms with Gasteiger partial charge in [0.05, 0.1) is 12.2 Å². The van der Waals surface area contributed by atoms with Crippen LogP contribution >= 0.6 is 11.3 Å². The molecule has 0 saturated heterocycles. The Bertz CT molecular complexity index is 1100. The van der Waals surface area contributed by atoms with Crippen molar-refractivity contribution in [1.29, 1.82) is 0 Å². The Balaban J connectivity index is 1.60. The topological polar surface area (TPSA) is 55.4 Å². The van der Waals surface area contributed by atoms with Crippen LogP contribution < -0.4 is 5.32 Å². The SMILES string of the molecule is CCOC(=O)c1c(NC(=O)c2ccccc2CCc2ccccc2)sc2c1C(C)CCC2. The molecule has 32 heavy (non-hydrogen) atoms. The highest BCUT2D eigenvalue weighted by Crippen LogP contribution is 2.44. The maximum atomic E-state index is 13.3. The van der Waals surface area contributed by atoms with Gasteiger partial charge in [0.25, 0.3) is 5.91 Å². The second-order valence-corrected chi connectivity index (χ2v) is 9.36. The third-order valence-corrected chi connectivity index (χ3v) is 7.23. The number of carbonyl (C=O) groups excluding carboxylic acids is 2. The Morgan fingerprint density at radius 1 is 1.06 bits per heavy atom. The van der Waals surface area contributed by atoms with Crippen molar-refractivity contribution in [1.82, 2.24) is 0 Å². The zero-order valence-electron chi connectivity index (χ0n) is 18.6. The van der Waals surface area contributed by atoms with Crippen molar-refractivity contribution in [2.75, 3.05) is 11.9 Å². The smallest absolute Gasteiger partial charge is 0.341 e. The van der Waals surface area contributed by atoms with Crippen molar-refractivity contribution in [2.24, 2.45) is 0 Å². The molecule has 3 aromatic rings. The molecule has 1 amide bonds. The van der Waals surface area contributed by atoms with Crippen LogP contribution in [0.25, 0.3) is 0 Å². The molecular formula is C27H29NO3S. The second kappa shape index (κ2) is 10.1. The minimum atomic E-state index is -0.341. The van der Waals surface area contributed by atoms with Crippen molar-refractivity contribution >= 4 is 28.2 Å². The van der Waals surface area contributed by atoms with E-state index in [0.29, 0.717) is 28.7 Å². The molecule has 0 aliphatic heterocycles. The van der Waals surface area contributed by atoms with Crippen LogP contribution in [0.1, 0.15) is 74.9 Å². The molecule has 4 nitrogen and oxygen atoms in total. The zero-order valence-corrected chi connectivity index (χ0v) is 19.5. The van der Waals surface area contributed by atoms with Crippen LogP contribution in [0.15, 0.2) is 54.6 Å². The number of esters is 1. The van der Waals surface area contributed by atoms with E-state index in [1.807, 2.05) is 42.5 Å². The van der Waals surface area contributed by atoms with E-state index < -0.39 is 0 Å². The van der Waals surface area contributed by atoms with Crippen LogP contribution in [-0.4, -0.2) is 18.5 Å². The number of aryl methyl sites for hydroxylation is 3. The number of benzene rings is 2. The Labute approximate surface area is 193 Å². The standard InChI is InChI=1S/C27H29NO3S/c1-3-31-27(30)24-23-18(2)10-9-15-22(23)32-26(24)28-25(29)21-14-8-7-13-20(21)17-16-19-11-5-4-6-12-19/h4-8,11-14,18H,3,9-10,15-17H2,1-2H3,(H,28,29). The Morgan fingerprint density at radius 2 is 1.81 bits per heavy atom. The average Bonchev–Trinajstić information content (AvgIpc) is 3.18. The second-order valence-electron chi connectivity index (χ2n) is 8.25. The predicted molar refractivity (Wildman–Crippen MR) is 130 cm³/mol. The van der Waals surface area contributed by atoms with Crippen molar-refractivity contribution in [2.45, 2.75) is 51.9 Å². The van der Waals surface area contributed by atoms with Crippen molar-refractivity contribution in [3.8, 4) is 0 Å². The minimum absolute atomic E-state index is 0.175. The summed E-state index contributed by atoms with van der Waals surface area (Å²) >= 11 is 1.53. The summed E-state index contributed by atoms with van der Waals surface area (Å²) in [6.07, 6.45) is 4.74. The number of fused-ring (bicyclic) bond motifs is 1. The van der Waals surface area contributed by atoms with E-state index >= 15 is 0 Å². The molecule has 1 atom stereocenters. The number of hydrogen-bond acceptors (Lipinski definition) is 4. The van der Waals surface area contributed by atoms with Crippen LogP contribution in [0.3, 0.4) is 0 Å². The van der Waals surface area contributed by atoms with Crippen molar-refractivity contribution in [3.05, 3.63) is 87.3 Å². The number of hydrogen-bond donors (Lipinski definition) is 1. The molecule has 0 saturated carbocycles. The number of ether oxygens (including phenoxy) is 1. The molecule has 4 rings (SSSR count). The maximum Gasteiger partial charge on any atom is 0.341 e. The first-order chi connectivity index (χ1) is 15.6. The van der Waals surface area contributed by atoms with E-state index in [2.05, 4.69) is 24.4 Å². The summed E-state index contributed by atoms with van der Waals surface area (Å²) in [5.74, 6) is -0.227. The molecule has 1 unspecified atom stereocenters. The fourth-order valence-electron chi connectivity index (χ4n) is 4.46. The molecule has 0 spiro atoms. The number of nitrogens with one attached hydrogen (secondary N) is 1. The van der Waals surface area contributed by atoms with Crippen LogP contribution in [0, 0.1) is 0 Å². The van der Waals surface area contributed by atoms with E-state index in [4.69, 9.17) is 4.74 Å². The van der Waals surface area contributed by atoms with Gasteiger partial charge in [0.2, 0.25) is 0 Å². The van der Waals surface area contributed by atoms with E-state index in [-0.39, 0.29) is 11.9 Å². The summed E-state index contributed by atoms with van der Waals surface area (Å²) in [4.78, 5) is 27.3. The number of anilines is 1. The molecule has 1 N–H and O–H groups in total. The van der Waals surface area contributed by atoms with Gasteiger partial charge in [-0.05, 0) is 67.7 Å². The lowest BCUT2D eigenvalue weighted by Gasteiger charge is -2.19. The Hall–Kier alpha value is -2.92. The molecule has 0 radical (unpaired) electrons. The molecule has 1 heterocycles. The van der Waals surface area contributed by atoms with Gasteiger partial charge in [-0.1, -0.05) is 55.5 Å². The molecule has 1 aliphatic carbocycles. The zero-order chi connectivity index (χ0) is 22.5. The van der Waals surface area contributed by atoms with E-state index in [0.717, 1.165) is 43.2 Å². The highest BCUT2D eigenvalue weighted by atomic mass is 32.1. The number of amides is 1.